The molecule has 106 valence electrons. The van der Waals surface area contributed by atoms with Crippen molar-refractivity contribution in [3.05, 3.63) is 0 Å². The highest BCUT2D eigenvalue weighted by atomic mass is 16.5. The van der Waals surface area contributed by atoms with E-state index in [0.717, 1.165) is 51.6 Å². The number of nitrogens with zero attached hydrogens (tertiary/aromatic N) is 1. The van der Waals surface area contributed by atoms with E-state index in [4.69, 9.17) is 4.74 Å². The Kier molecular flexibility index (Phi) is 3.48. The Morgan fingerprint density at radius 3 is 2.84 bits per heavy atom. The van der Waals surface area contributed by atoms with Crippen molar-refractivity contribution in [2.75, 3.05) is 19.7 Å². The minimum atomic E-state index is -0.216. The fourth-order valence-corrected chi connectivity index (χ4v) is 3.54. The molecule has 3 saturated heterocycles. The lowest BCUT2D eigenvalue weighted by Gasteiger charge is -2.28. The fraction of sp³-hybridized carbons (Fsp3) is 0.857. The van der Waals surface area contributed by atoms with Crippen LogP contribution in [0.4, 0.5) is 0 Å². The van der Waals surface area contributed by atoms with Crippen molar-refractivity contribution in [3.8, 4) is 0 Å². The summed E-state index contributed by atoms with van der Waals surface area (Å²) in [5, 5.41) is 3.13. The number of carbonyl (C=O) groups is 2. The van der Waals surface area contributed by atoms with Gasteiger partial charge in [0.05, 0.1) is 0 Å². The number of likely N-dealkylation sites (tertiary alicyclic amines) is 1. The van der Waals surface area contributed by atoms with E-state index in [1.54, 1.807) is 0 Å². The lowest BCUT2D eigenvalue weighted by atomic mass is 9.89. The predicted octanol–water partition coefficient (Wildman–Crippen LogP) is 0.827. The molecule has 3 rings (SSSR count). The van der Waals surface area contributed by atoms with Crippen molar-refractivity contribution in [2.45, 2.75) is 56.6 Å². The molecule has 0 aliphatic carbocycles. The zero-order valence-electron chi connectivity index (χ0n) is 11.3. The van der Waals surface area contributed by atoms with E-state index in [1.807, 2.05) is 4.90 Å². The molecule has 0 aromatic rings. The molecule has 1 spiro atoms. The smallest absolute Gasteiger partial charge is 0.251 e. The van der Waals surface area contributed by atoms with E-state index < -0.39 is 0 Å². The van der Waals surface area contributed by atoms with Gasteiger partial charge in [0.15, 0.2) is 0 Å². The van der Waals surface area contributed by atoms with Crippen LogP contribution in [0.1, 0.15) is 44.9 Å². The SMILES string of the molecule is O=C1CCC2(CCCN(C(=O)[C@@H]3CCCO3)CC2)N1. The van der Waals surface area contributed by atoms with Gasteiger partial charge in [-0.2, -0.15) is 0 Å². The molecule has 2 atom stereocenters. The molecule has 5 nitrogen and oxygen atoms in total. The second-order valence-electron chi connectivity index (χ2n) is 6.01. The molecule has 3 heterocycles. The molecular weight excluding hydrogens is 244 g/mol. The Bertz CT molecular complexity index is 379. The first-order valence-electron chi connectivity index (χ1n) is 7.40. The third kappa shape index (κ3) is 2.61. The zero-order chi connectivity index (χ0) is 13.3. The van der Waals surface area contributed by atoms with Crippen LogP contribution in [0.2, 0.25) is 0 Å². The topological polar surface area (TPSA) is 58.6 Å². The molecule has 2 amide bonds. The Hall–Kier alpha value is -1.10. The average molecular weight is 266 g/mol. The van der Waals surface area contributed by atoms with E-state index in [1.165, 1.54) is 0 Å². The molecule has 3 aliphatic rings. The van der Waals surface area contributed by atoms with Crippen LogP contribution >= 0.6 is 0 Å². The van der Waals surface area contributed by atoms with Crippen LogP contribution in [0.25, 0.3) is 0 Å². The molecule has 0 saturated carbocycles. The van der Waals surface area contributed by atoms with Crippen LogP contribution < -0.4 is 5.32 Å². The van der Waals surface area contributed by atoms with E-state index in [0.29, 0.717) is 13.0 Å². The van der Waals surface area contributed by atoms with Gasteiger partial charge in [-0.3, -0.25) is 9.59 Å². The quantitative estimate of drug-likeness (QED) is 0.764. The van der Waals surface area contributed by atoms with E-state index in [9.17, 15) is 9.59 Å². The van der Waals surface area contributed by atoms with Gasteiger partial charge in [0, 0.05) is 31.7 Å². The van der Waals surface area contributed by atoms with Crippen LogP contribution in [0.5, 0.6) is 0 Å². The Balaban J connectivity index is 1.61. The first-order chi connectivity index (χ1) is 9.19. The number of hydrogen-bond acceptors (Lipinski definition) is 3. The van der Waals surface area contributed by atoms with Gasteiger partial charge in [-0.05, 0) is 38.5 Å². The van der Waals surface area contributed by atoms with Crippen molar-refractivity contribution in [2.24, 2.45) is 0 Å². The number of rotatable bonds is 1. The molecule has 5 heteroatoms. The molecule has 1 unspecified atom stereocenters. The highest BCUT2D eigenvalue weighted by Gasteiger charge is 2.40. The number of amides is 2. The summed E-state index contributed by atoms with van der Waals surface area (Å²) in [6, 6.07) is 0. The highest BCUT2D eigenvalue weighted by molar-refractivity contribution is 5.81. The molecule has 0 aromatic carbocycles. The summed E-state index contributed by atoms with van der Waals surface area (Å²) in [7, 11) is 0. The van der Waals surface area contributed by atoms with Crippen molar-refractivity contribution in [1.82, 2.24) is 10.2 Å². The Morgan fingerprint density at radius 1 is 1.26 bits per heavy atom. The molecular formula is C14H22N2O3. The third-order valence-corrected chi connectivity index (χ3v) is 4.70. The zero-order valence-corrected chi connectivity index (χ0v) is 11.3. The minimum absolute atomic E-state index is 0.0390. The Labute approximate surface area is 113 Å². The van der Waals surface area contributed by atoms with Gasteiger partial charge < -0.3 is 15.0 Å². The van der Waals surface area contributed by atoms with E-state index >= 15 is 0 Å². The van der Waals surface area contributed by atoms with Crippen molar-refractivity contribution < 1.29 is 14.3 Å². The maximum Gasteiger partial charge on any atom is 0.251 e. The summed E-state index contributed by atoms with van der Waals surface area (Å²) in [6.45, 7) is 2.26. The van der Waals surface area contributed by atoms with Crippen molar-refractivity contribution in [3.63, 3.8) is 0 Å². The van der Waals surface area contributed by atoms with Gasteiger partial charge in [0.25, 0.3) is 5.91 Å². The van der Waals surface area contributed by atoms with Crippen molar-refractivity contribution in [1.29, 1.82) is 0 Å². The number of carbonyl (C=O) groups excluding carboxylic acids is 2. The Morgan fingerprint density at radius 2 is 2.16 bits per heavy atom. The summed E-state index contributed by atoms with van der Waals surface area (Å²) in [5.74, 6) is 0.317. The number of hydrogen-bond donors (Lipinski definition) is 1. The second-order valence-corrected chi connectivity index (χ2v) is 6.01. The maximum absolute atomic E-state index is 12.3. The molecule has 0 radical (unpaired) electrons. The van der Waals surface area contributed by atoms with Crippen LogP contribution in [-0.4, -0.2) is 48.1 Å². The molecule has 0 bridgehead atoms. The van der Waals surface area contributed by atoms with Crippen LogP contribution in [0.15, 0.2) is 0 Å². The average Bonchev–Trinajstić information content (AvgIpc) is 2.98. The molecule has 3 fully saturated rings. The summed E-state index contributed by atoms with van der Waals surface area (Å²) in [5.41, 5.74) is -0.0390. The van der Waals surface area contributed by atoms with Gasteiger partial charge in [0.2, 0.25) is 5.91 Å². The highest BCUT2D eigenvalue weighted by Crippen LogP contribution is 2.31. The predicted molar refractivity (Wildman–Crippen MR) is 69.5 cm³/mol. The van der Waals surface area contributed by atoms with E-state index in [-0.39, 0.29) is 23.5 Å². The van der Waals surface area contributed by atoms with Crippen LogP contribution in [0.3, 0.4) is 0 Å². The molecule has 1 N–H and O–H groups in total. The van der Waals surface area contributed by atoms with E-state index in [2.05, 4.69) is 5.32 Å². The minimum Gasteiger partial charge on any atom is -0.368 e. The number of ether oxygens (including phenoxy) is 1. The first kappa shape index (κ1) is 12.9. The normalized spacial score (nSPS) is 35.5. The summed E-state index contributed by atoms with van der Waals surface area (Å²) < 4.78 is 5.48. The molecule has 19 heavy (non-hydrogen) atoms. The van der Waals surface area contributed by atoms with Crippen LogP contribution in [0, 0.1) is 0 Å². The first-order valence-corrected chi connectivity index (χ1v) is 7.40. The van der Waals surface area contributed by atoms with Crippen LogP contribution in [-0.2, 0) is 14.3 Å². The van der Waals surface area contributed by atoms with Gasteiger partial charge in [-0.1, -0.05) is 0 Å². The van der Waals surface area contributed by atoms with Gasteiger partial charge in [0.1, 0.15) is 6.10 Å². The summed E-state index contributed by atoms with van der Waals surface area (Å²) >= 11 is 0. The van der Waals surface area contributed by atoms with Crippen molar-refractivity contribution >= 4 is 11.8 Å². The fourth-order valence-electron chi connectivity index (χ4n) is 3.54. The monoisotopic (exact) mass is 266 g/mol. The third-order valence-electron chi connectivity index (χ3n) is 4.70. The lowest BCUT2D eigenvalue weighted by Crippen LogP contribution is -2.44. The van der Waals surface area contributed by atoms with Gasteiger partial charge in [-0.15, -0.1) is 0 Å². The number of nitrogens with one attached hydrogen (secondary N) is 1. The summed E-state index contributed by atoms with van der Waals surface area (Å²) in [6.07, 6.45) is 6.05. The second kappa shape index (κ2) is 5.12. The molecule has 3 aliphatic heterocycles. The maximum atomic E-state index is 12.3. The standard InChI is InChI=1S/C14H22N2O3/c17-12-4-6-14(15-12)5-2-8-16(9-7-14)13(18)11-3-1-10-19-11/h11H,1-10H2,(H,15,17)/t11-,14?/m0/s1. The van der Waals surface area contributed by atoms with Gasteiger partial charge >= 0.3 is 0 Å². The largest absolute Gasteiger partial charge is 0.368 e. The lowest BCUT2D eigenvalue weighted by molar-refractivity contribution is -0.140. The molecule has 0 aromatic heterocycles. The van der Waals surface area contributed by atoms with Gasteiger partial charge in [-0.25, -0.2) is 0 Å². The summed E-state index contributed by atoms with van der Waals surface area (Å²) in [4.78, 5) is 25.7.